The van der Waals surface area contributed by atoms with E-state index in [1.165, 1.54) is 6.07 Å². The fourth-order valence-electron chi connectivity index (χ4n) is 1.57. The highest BCUT2D eigenvalue weighted by atomic mass is 19.1. The number of nitrogens with two attached hydrogens (primary N) is 1. The van der Waals surface area contributed by atoms with Crippen molar-refractivity contribution in [3.05, 3.63) is 35.4 Å². The maximum atomic E-state index is 13.3. The third-order valence-electron chi connectivity index (χ3n) is 2.48. The van der Waals surface area contributed by atoms with Crippen LogP contribution in [0.3, 0.4) is 0 Å². The summed E-state index contributed by atoms with van der Waals surface area (Å²) in [6.07, 6.45) is 3.82. The third kappa shape index (κ3) is 3.59. The second-order valence-electron chi connectivity index (χ2n) is 3.77. The van der Waals surface area contributed by atoms with Gasteiger partial charge in [-0.1, -0.05) is 26.2 Å². The lowest BCUT2D eigenvalue weighted by molar-refractivity contribution is 0.528. The van der Waals surface area contributed by atoms with Crippen molar-refractivity contribution in [1.82, 2.24) is 0 Å². The Morgan fingerprint density at radius 2 is 2.00 bits per heavy atom. The van der Waals surface area contributed by atoms with Gasteiger partial charge in [-0.05, 0) is 24.6 Å². The monoisotopic (exact) mass is 213 g/mol. The topological polar surface area (TPSA) is 26.0 Å². The lowest BCUT2D eigenvalue weighted by Gasteiger charge is -2.12. The van der Waals surface area contributed by atoms with Crippen molar-refractivity contribution in [1.29, 1.82) is 0 Å². The van der Waals surface area contributed by atoms with Crippen LogP contribution >= 0.6 is 0 Å². The molecule has 0 aliphatic rings. The molecule has 0 fully saturated rings. The molecular formula is C12H17F2N. The lowest BCUT2D eigenvalue weighted by Crippen LogP contribution is -2.12. The molecule has 0 amide bonds. The Morgan fingerprint density at radius 1 is 1.27 bits per heavy atom. The summed E-state index contributed by atoms with van der Waals surface area (Å²) in [5, 5.41) is 0. The average Bonchev–Trinajstić information content (AvgIpc) is 2.22. The van der Waals surface area contributed by atoms with Crippen LogP contribution in [0.5, 0.6) is 0 Å². The van der Waals surface area contributed by atoms with Crippen molar-refractivity contribution < 1.29 is 8.78 Å². The van der Waals surface area contributed by atoms with E-state index in [4.69, 9.17) is 5.73 Å². The molecule has 1 aromatic rings. The molecule has 1 rings (SSSR count). The summed E-state index contributed by atoms with van der Waals surface area (Å²) >= 11 is 0. The van der Waals surface area contributed by atoms with Crippen LogP contribution in [-0.4, -0.2) is 0 Å². The van der Waals surface area contributed by atoms with Gasteiger partial charge in [0.05, 0.1) is 0 Å². The molecule has 3 heteroatoms. The largest absolute Gasteiger partial charge is 0.324 e. The van der Waals surface area contributed by atoms with Crippen molar-refractivity contribution in [2.75, 3.05) is 0 Å². The summed E-state index contributed by atoms with van der Waals surface area (Å²) in [5.41, 5.74) is 6.08. The van der Waals surface area contributed by atoms with Crippen LogP contribution < -0.4 is 5.73 Å². The van der Waals surface area contributed by atoms with E-state index >= 15 is 0 Å². The number of unbranched alkanes of at least 4 members (excludes halogenated alkanes) is 2. The van der Waals surface area contributed by atoms with Crippen LogP contribution in [0.25, 0.3) is 0 Å². The van der Waals surface area contributed by atoms with Gasteiger partial charge < -0.3 is 5.73 Å². The van der Waals surface area contributed by atoms with Crippen molar-refractivity contribution in [2.24, 2.45) is 5.73 Å². The number of hydrogen-bond donors (Lipinski definition) is 1. The molecular weight excluding hydrogens is 196 g/mol. The first kappa shape index (κ1) is 12.1. The second kappa shape index (κ2) is 5.81. The van der Waals surface area contributed by atoms with Gasteiger partial charge in [0.25, 0.3) is 0 Å². The third-order valence-corrected chi connectivity index (χ3v) is 2.48. The number of benzene rings is 1. The zero-order chi connectivity index (χ0) is 11.3. The molecule has 0 aliphatic heterocycles. The predicted molar refractivity (Wildman–Crippen MR) is 57.4 cm³/mol. The molecule has 1 aromatic carbocycles. The first-order valence-electron chi connectivity index (χ1n) is 5.35. The van der Waals surface area contributed by atoms with Crippen molar-refractivity contribution in [2.45, 2.75) is 38.6 Å². The number of hydrogen-bond acceptors (Lipinski definition) is 1. The van der Waals surface area contributed by atoms with E-state index < -0.39 is 17.7 Å². The number of halogens is 2. The van der Waals surface area contributed by atoms with E-state index in [9.17, 15) is 8.78 Å². The Bertz CT molecular complexity index is 312. The van der Waals surface area contributed by atoms with Crippen LogP contribution in [0.2, 0.25) is 0 Å². The summed E-state index contributed by atoms with van der Waals surface area (Å²) in [6.45, 7) is 2.09. The smallest absolute Gasteiger partial charge is 0.128 e. The molecule has 1 atom stereocenters. The molecule has 84 valence electrons. The molecule has 0 radical (unpaired) electrons. The van der Waals surface area contributed by atoms with Gasteiger partial charge in [-0.25, -0.2) is 8.78 Å². The van der Waals surface area contributed by atoms with Gasteiger partial charge in [0, 0.05) is 11.6 Å². The average molecular weight is 213 g/mol. The highest BCUT2D eigenvalue weighted by Crippen LogP contribution is 2.21. The van der Waals surface area contributed by atoms with E-state index in [1.54, 1.807) is 0 Å². The molecule has 0 heterocycles. The molecule has 15 heavy (non-hydrogen) atoms. The Morgan fingerprint density at radius 3 is 2.67 bits per heavy atom. The molecule has 1 unspecified atom stereocenters. The zero-order valence-electron chi connectivity index (χ0n) is 8.97. The fourth-order valence-corrected chi connectivity index (χ4v) is 1.57. The van der Waals surface area contributed by atoms with Crippen LogP contribution in [-0.2, 0) is 0 Å². The molecule has 2 N–H and O–H groups in total. The van der Waals surface area contributed by atoms with Gasteiger partial charge in [0.2, 0.25) is 0 Å². The molecule has 0 saturated carbocycles. The van der Waals surface area contributed by atoms with Crippen LogP contribution in [0, 0.1) is 11.6 Å². The van der Waals surface area contributed by atoms with Crippen LogP contribution in [0.15, 0.2) is 18.2 Å². The standard InChI is InChI=1S/C12H17F2N/c1-2-3-4-5-12(15)10-8-9(13)6-7-11(10)14/h6-8,12H,2-5,15H2,1H3. The van der Waals surface area contributed by atoms with Gasteiger partial charge in [-0.15, -0.1) is 0 Å². The Balaban J connectivity index is 2.64. The SMILES string of the molecule is CCCCCC(N)c1cc(F)ccc1F. The molecule has 0 aliphatic carbocycles. The van der Waals surface area contributed by atoms with Crippen LogP contribution in [0.4, 0.5) is 8.78 Å². The van der Waals surface area contributed by atoms with Crippen molar-refractivity contribution in [3.8, 4) is 0 Å². The lowest BCUT2D eigenvalue weighted by atomic mass is 10.0. The molecule has 0 saturated heterocycles. The minimum Gasteiger partial charge on any atom is -0.324 e. The predicted octanol–water partition coefficient (Wildman–Crippen LogP) is 3.54. The summed E-state index contributed by atoms with van der Waals surface area (Å²) in [4.78, 5) is 0. The summed E-state index contributed by atoms with van der Waals surface area (Å²) < 4.78 is 26.2. The van der Waals surface area contributed by atoms with E-state index in [1.807, 2.05) is 0 Å². The highest BCUT2D eigenvalue weighted by Gasteiger charge is 2.11. The summed E-state index contributed by atoms with van der Waals surface area (Å²) in [7, 11) is 0. The van der Waals surface area contributed by atoms with Gasteiger partial charge in [0.15, 0.2) is 0 Å². The second-order valence-corrected chi connectivity index (χ2v) is 3.77. The van der Waals surface area contributed by atoms with Gasteiger partial charge in [-0.2, -0.15) is 0 Å². The van der Waals surface area contributed by atoms with Crippen molar-refractivity contribution >= 4 is 0 Å². The maximum Gasteiger partial charge on any atom is 0.128 e. The van der Waals surface area contributed by atoms with E-state index in [0.29, 0.717) is 6.42 Å². The van der Waals surface area contributed by atoms with E-state index in [2.05, 4.69) is 6.92 Å². The fraction of sp³-hybridized carbons (Fsp3) is 0.500. The first-order chi connectivity index (χ1) is 7.15. The van der Waals surface area contributed by atoms with Gasteiger partial charge in [0.1, 0.15) is 11.6 Å². The highest BCUT2D eigenvalue weighted by molar-refractivity contribution is 5.21. The maximum absolute atomic E-state index is 13.3. The molecule has 0 aromatic heterocycles. The molecule has 0 spiro atoms. The number of rotatable bonds is 5. The Hall–Kier alpha value is -0.960. The van der Waals surface area contributed by atoms with Gasteiger partial charge >= 0.3 is 0 Å². The zero-order valence-corrected chi connectivity index (χ0v) is 8.97. The summed E-state index contributed by atoms with van der Waals surface area (Å²) in [6, 6.07) is 3.03. The molecule has 1 nitrogen and oxygen atoms in total. The summed E-state index contributed by atoms with van der Waals surface area (Å²) in [5.74, 6) is -0.849. The Labute approximate surface area is 89.3 Å². The molecule has 0 bridgehead atoms. The van der Waals surface area contributed by atoms with E-state index in [0.717, 1.165) is 31.4 Å². The van der Waals surface area contributed by atoms with E-state index in [-0.39, 0.29) is 5.56 Å². The van der Waals surface area contributed by atoms with Gasteiger partial charge in [-0.3, -0.25) is 0 Å². The minimum atomic E-state index is -0.433. The quantitative estimate of drug-likeness (QED) is 0.744. The first-order valence-corrected chi connectivity index (χ1v) is 5.35. The Kier molecular flexibility index (Phi) is 4.69. The van der Waals surface area contributed by atoms with Crippen LogP contribution in [0.1, 0.15) is 44.2 Å². The minimum absolute atomic E-state index is 0.283. The van der Waals surface area contributed by atoms with Crippen molar-refractivity contribution in [3.63, 3.8) is 0 Å². The normalized spacial score (nSPS) is 12.8.